The first-order valence-corrected chi connectivity index (χ1v) is 8.05. The topological polar surface area (TPSA) is 50.4 Å². The van der Waals surface area contributed by atoms with E-state index < -0.39 is 0 Å². The zero-order valence-corrected chi connectivity index (χ0v) is 13.5. The molecule has 0 unspecified atom stereocenters. The standard InChI is InChI=1S/C19H24N2O2/c1-2-12-20-13-14-21-19(22)17-10-8-16(9-11-17)15-23-18-6-4-3-5-7-18/h3-11,20H,2,12-15H2,1H3,(H,21,22). The van der Waals surface area contributed by atoms with Gasteiger partial charge in [0.1, 0.15) is 12.4 Å². The summed E-state index contributed by atoms with van der Waals surface area (Å²) in [5.74, 6) is 0.799. The lowest BCUT2D eigenvalue weighted by molar-refractivity contribution is 0.0954. The summed E-state index contributed by atoms with van der Waals surface area (Å²) in [4.78, 5) is 12.0. The highest BCUT2D eigenvalue weighted by Crippen LogP contribution is 2.12. The number of carbonyl (C=O) groups excluding carboxylic acids is 1. The molecule has 2 rings (SSSR count). The average molecular weight is 312 g/mol. The van der Waals surface area contributed by atoms with Crippen LogP contribution in [0, 0.1) is 0 Å². The molecular weight excluding hydrogens is 288 g/mol. The number of rotatable bonds is 9. The van der Waals surface area contributed by atoms with Crippen LogP contribution < -0.4 is 15.4 Å². The first-order chi connectivity index (χ1) is 11.3. The second kappa shape index (κ2) is 9.64. The van der Waals surface area contributed by atoms with Crippen LogP contribution >= 0.6 is 0 Å². The lowest BCUT2D eigenvalue weighted by atomic mass is 10.1. The largest absolute Gasteiger partial charge is 0.489 e. The number of hydrogen-bond donors (Lipinski definition) is 2. The van der Waals surface area contributed by atoms with E-state index in [4.69, 9.17) is 4.74 Å². The predicted molar refractivity (Wildman–Crippen MR) is 92.7 cm³/mol. The molecule has 0 bridgehead atoms. The Hall–Kier alpha value is -2.33. The third-order valence-corrected chi connectivity index (χ3v) is 3.38. The van der Waals surface area contributed by atoms with Crippen molar-refractivity contribution in [2.75, 3.05) is 19.6 Å². The van der Waals surface area contributed by atoms with Gasteiger partial charge in [0.25, 0.3) is 5.91 Å². The molecule has 0 saturated carbocycles. The van der Waals surface area contributed by atoms with E-state index in [1.807, 2.05) is 54.6 Å². The average Bonchev–Trinajstić information content (AvgIpc) is 2.61. The monoisotopic (exact) mass is 312 g/mol. The highest BCUT2D eigenvalue weighted by Gasteiger charge is 2.04. The lowest BCUT2D eigenvalue weighted by Gasteiger charge is -2.08. The van der Waals surface area contributed by atoms with Crippen LogP contribution in [0.4, 0.5) is 0 Å². The molecule has 4 heteroatoms. The lowest BCUT2D eigenvalue weighted by Crippen LogP contribution is -2.32. The maximum Gasteiger partial charge on any atom is 0.251 e. The van der Waals surface area contributed by atoms with Crippen molar-refractivity contribution < 1.29 is 9.53 Å². The fourth-order valence-corrected chi connectivity index (χ4v) is 2.10. The summed E-state index contributed by atoms with van der Waals surface area (Å²) >= 11 is 0. The Labute approximate surface area is 137 Å². The molecule has 0 aliphatic carbocycles. The fraction of sp³-hybridized carbons (Fsp3) is 0.316. The summed E-state index contributed by atoms with van der Waals surface area (Å²) in [7, 11) is 0. The van der Waals surface area contributed by atoms with Gasteiger partial charge in [0.05, 0.1) is 0 Å². The van der Waals surface area contributed by atoms with Gasteiger partial charge in [0.15, 0.2) is 0 Å². The van der Waals surface area contributed by atoms with E-state index in [9.17, 15) is 4.79 Å². The number of para-hydroxylation sites is 1. The first kappa shape index (κ1) is 17.0. The maximum absolute atomic E-state index is 12.0. The Kier molecular flexibility index (Phi) is 7.14. The van der Waals surface area contributed by atoms with Crippen molar-refractivity contribution in [1.82, 2.24) is 10.6 Å². The van der Waals surface area contributed by atoms with E-state index in [-0.39, 0.29) is 5.91 Å². The van der Waals surface area contributed by atoms with Crippen LogP contribution in [-0.4, -0.2) is 25.5 Å². The molecule has 1 amide bonds. The van der Waals surface area contributed by atoms with Crippen molar-refractivity contribution in [2.24, 2.45) is 0 Å². The molecule has 0 aliphatic rings. The molecular formula is C19H24N2O2. The molecule has 0 saturated heterocycles. The summed E-state index contributed by atoms with van der Waals surface area (Å²) in [5.41, 5.74) is 1.71. The van der Waals surface area contributed by atoms with Crippen molar-refractivity contribution in [3.05, 3.63) is 65.7 Å². The SMILES string of the molecule is CCCNCCNC(=O)c1ccc(COc2ccccc2)cc1. The predicted octanol–water partition coefficient (Wildman–Crippen LogP) is 3.00. The molecule has 0 spiro atoms. The Balaban J connectivity index is 1.76. The van der Waals surface area contributed by atoms with E-state index in [0.717, 1.165) is 30.8 Å². The third-order valence-electron chi connectivity index (χ3n) is 3.38. The van der Waals surface area contributed by atoms with E-state index in [0.29, 0.717) is 18.7 Å². The van der Waals surface area contributed by atoms with E-state index in [2.05, 4.69) is 17.6 Å². The minimum Gasteiger partial charge on any atom is -0.489 e. The number of hydrogen-bond acceptors (Lipinski definition) is 3. The van der Waals surface area contributed by atoms with Crippen molar-refractivity contribution in [2.45, 2.75) is 20.0 Å². The molecule has 0 aromatic heterocycles. The Morgan fingerprint density at radius 2 is 1.70 bits per heavy atom. The first-order valence-electron chi connectivity index (χ1n) is 8.05. The second-order valence-electron chi connectivity index (χ2n) is 5.30. The van der Waals surface area contributed by atoms with Gasteiger partial charge in [-0.15, -0.1) is 0 Å². The number of carbonyl (C=O) groups is 1. The zero-order chi connectivity index (χ0) is 16.3. The molecule has 2 aromatic carbocycles. The second-order valence-corrected chi connectivity index (χ2v) is 5.30. The normalized spacial score (nSPS) is 10.3. The van der Waals surface area contributed by atoms with Crippen molar-refractivity contribution >= 4 is 5.91 Å². The van der Waals surface area contributed by atoms with Crippen LogP contribution in [0.1, 0.15) is 29.3 Å². The van der Waals surface area contributed by atoms with Crippen molar-refractivity contribution in [3.8, 4) is 5.75 Å². The molecule has 23 heavy (non-hydrogen) atoms. The molecule has 0 atom stereocenters. The van der Waals surface area contributed by atoms with E-state index in [1.54, 1.807) is 0 Å². The van der Waals surface area contributed by atoms with Gasteiger partial charge in [-0.25, -0.2) is 0 Å². The fourth-order valence-electron chi connectivity index (χ4n) is 2.10. The molecule has 2 aromatic rings. The molecule has 0 aliphatic heterocycles. The molecule has 0 radical (unpaired) electrons. The van der Waals surface area contributed by atoms with Gasteiger partial charge in [0, 0.05) is 18.7 Å². The summed E-state index contributed by atoms with van der Waals surface area (Å²) in [6.07, 6.45) is 1.10. The number of benzene rings is 2. The minimum absolute atomic E-state index is 0.0428. The number of nitrogens with one attached hydrogen (secondary N) is 2. The van der Waals surface area contributed by atoms with Gasteiger partial charge in [0.2, 0.25) is 0 Å². The molecule has 0 fully saturated rings. The van der Waals surface area contributed by atoms with Gasteiger partial charge in [-0.05, 0) is 42.8 Å². The van der Waals surface area contributed by atoms with Gasteiger partial charge >= 0.3 is 0 Å². The van der Waals surface area contributed by atoms with Crippen LogP contribution in [0.25, 0.3) is 0 Å². The Morgan fingerprint density at radius 1 is 0.957 bits per heavy atom. The Bertz CT molecular complexity index is 582. The van der Waals surface area contributed by atoms with Crippen LogP contribution in [0.3, 0.4) is 0 Å². The van der Waals surface area contributed by atoms with Gasteiger partial charge in [-0.1, -0.05) is 37.3 Å². The highest BCUT2D eigenvalue weighted by molar-refractivity contribution is 5.94. The number of amides is 1. The van der Waals surface area contributed by atoms with Gasteiger partial charge in [-0.3, -0.25) is 4.79 Å². The smallest absolute Gasteiger partial charge is 0.251 e. The summed E-state index contributed by atoms with van der Waals surface area (Å²) in [6.45, 7) is 5.02. The third kappa shape index (κ3) is 6.12. The zero-order valence-electron chi connectivity index (χ0n) is 13.5. The van der Waals surface area contributed by atoms with E-state index >= 15 is 0 Å². The van der Waals surface area contributed by atoms with Crippen LogP contribution in [0.2, 0.25) is 0 Å². The summed E-state index contributed by atoms with van der Waals surface area (Å²) < 4.78 is 5.69. The number of ether oxygens (including phenoxy) is 1. The van der Waals surface area contributed by atoms with Crippen molar-refractivity contribution in [1.29, 1.82) is 0 Å². The van der Waals surface area contributed by atoms with Gasteiger partial charge in [-0.2, -0.15) is 0 Å². The summed E-state index contributed by atoms with van der Waals surface area (Å²) in [5, 5.41) is 6.15. The van der Waals surface area contributed by atoms with Crippen LogP contribution in [-0.2, 0) is 6.61 Å². The van der Waals surface area contributed by atoms with Crippen LogP contribution in [0.5, 0.6) is 5.75 Å². The van der Waals surface area contributed by atoms with Crippen molar-refractivity contribution in [3.63, 3.8) is 0 Å². The molecule has 122 valence electrons. The van der Waals surface area contributed by atoms with E-state index in [1.165, 1.54) is 0 Å². The van der Waals surface area contributed by atoms with Gasteiger partial charge < -0.3 is 15.4 Å². The quantitative estimate of drug-likeness (QED) is 0.700. The highest BCUT2D eigenvalue weighted by atomic mass is 16.5. The molecule has 2 N–H and O–H groups in total. The maximum atomic E-state index is 12.0. The molecule has 4 nitrogen and oxygen atoms in total. The van der Waals surface area contributed by atoms with Crippen LogP contribution in [0.15, 0.2) is 54.6 Å². The minimum atomic E-state index is -0.0428. The molecule has 0 heterocycles. The summed E-state index contributed by atoms with van der Waals surface area (Å²) in [6, 6.07) is 17.2. The Morgan fingerprint density at radius 3 is 2.39 bits per heavy atom.